The number of halogens is 1. The molecule has 1 aliphatic rings. The summed E-state index contributed by atoms with van der Waals surface area (Å²) in [6.45, 7) is 0. The first-order valence-electron chi connectivity index (χ1n) is 5.60. The van der Waals surface area contributed by atoms with Crippen LogP contribution in [0.15, 0.2) is 22.7 Å². The van der Waals surface area contributed by atoms with Gasteiger partial charge in [0.25, 0.3) is 0 Å². The summed E-state index contributed by atoms with van der Waals surface area (Å²) in [4.78, 5) is 33.8. The van der Waals surface area contributed by atoms with Crippen molar-refractivity contribution in [2.75, 3.05) is 5.32 Å². The maximum Gasteiger partial charge on any atom is 0.335 e. The van der Waals surface area contributed by atoms with Gasteiger partial charge in [0.2, 0.25) is 11.8 Å². The molecule has 100 valence electrons. The van der Waals surface area contributed by atoms with Gasteiger partial charge in [0, 0.05) is 16.6 Å². The van der Waals surface area contributed by atoms with Crippen molar-refractivity contribution in [3.8, 4) is 0 Å². The highest BCUT2D eigenvalue weighted by Gasteiger charge is 2.27. The maximum atomic E-state index is 11.9. The summed E-state index contributed by atoms with van der Waals surface area (Å²) in [5.41, 5.74) is 0.443. The van der Waals surface area contributed by atoms with Crippen molar-refractivity contribution in [3.63, 3.8) is 0 Å². The molecule has 7 heteroatoms. The number of nitrogens with one attached hydrogen (secondary N) is 2. The molecular formula is C12H11BrN2O4. The lowest BCUT2D eigenvalue weighted by Gasteiger charge is -2.11. The van der Waals surface area contributed by atoms with Gasteiger partial charge in [0.1, 0.15) is 6.04 Å². The number of hydrogen-bond donors (Lipinski definition) is 3. The second-order valence-corrected chi connectivity index (χ2v) is 5.10. The van der Waals surface area contributed by atoms with E-state index in [1.807, 2.05) is 0 Å². The number of carboxylic acid groups (broad SMARTS) is 1. The number of anilines is 1. The first-order valence-corrected chi connectivity index (χ1v) is 6.39. The molecule has 1 aromatic rings. The molecule has 1 fully saturated rings. The fourth-order valence-corrected chi connectivity index (χ4v) is 2.32. The third kappa shape index (κ3) is 3.31. The normalized spacial score (nSPS) is 17.9. The van der Waals surface area contributed by atoms with Crippen LogP contribution in [0.1, 0.15) is 23.2 Å². The molecule has 1 atom stereocenters. The zero-order chi connectivity index (χ0) is 14.0. The molecule has 1 aromatic carbocycles. The Morgan fingerprint density at radius 1 is 1.37 bits per heavy atom. The van der Waals surface area contributed by atoms with Crippen molar-refractivity contribution in [2.24, 2.45) is 0 Å². The zero-order valence-corrected chi connectivity index (χ0v) is 11.4. The van der Waals surface area contributed by atoms with E-state index in [0.717, 1.165) is 0 Å². The van der Waals surface area contributed by atoms with Crippen LogP contribution < -0.4 is 10.6 Å². The van der Waals surface area contributed by atoms with Crippen LogP contribution in [0.4, 0.5) is 5.69 Å². The van der Waals surface area contributed by atoms with Crippen LogP contribution in [-0.2, 0) is 9.59 Å². The van der Waals surface area contributed by atoms with Crippen molar-refractivity contribution >= 4 is 39.4 Å². The fourth-order valence-electron chi connectivity index (χ4n) is 1.83. The molecule has 3 N–H and O–H groups in total. The van der Waals surface area contributed by atoms with Crippen LogP contribution in [0.2, 0.25) is 0 Å². The van der Waals surface area contributed by atoms with E-state index in [-0.39, 0.29) is 17.4 Å². The summed E-state index contributed by atoms with van der Waals surface area (Å²) in [6, 6.07) is 3.85. The Labute approximate surface area is 117 Å². The van der Waals surface area contributed by atoms with Crippen molar-refractivity contribution in [2.45, 2.75) is 18.9 Å². The molecule has 0 bridgehead atoms. The molecule has 2 rings (SSSR count). The Bertz CT molecular complexity index is 559. The smallest absolute Gasteiger partial charge is 0.335 e. The molecular weight excluding hydrogens is 316 g/mol. The van der Waals surface area contributed by atoms with Crippen molar-refractivity contribution in [3.05, 3.63) is 28.2 Å². The van der Waals surface area contributed by atoms with E-state index >= 15 is 0 Å². The topological polar surface area (TPSA) is 95.5 Å². The van der Waals surface area contributed by atoms with E-state index in [0.29, 0.717) is 23.0 Å². The van der Waals surface area contributed by atoms with Crippen LogP contribution >= 0.6 is 15.9 Å². The Morgan fingerprint density at radius 2 is 2.11 bits per heavy atom. The number of hydrogen-bond acceptors (Lipinski definition) is 3. The van der Waals surface area contributed by atoms with Gasteiger partial charge in [-0.1, -0.05) is 15.9 Å². The van der Waals surface area contributed by atoms with Crippen LogP contribution in [0.5, 0.6) is 0 Å². The van der Waals surface area contributed by atoms with E-state index in [2.05, 4.69) is 26.6 Å². The average molecular weight is 327 g/mol. The first-order chi connectivity index (χ1) is 8.95. The molecule has 1 heterocycles. The molecule has 1 aliphatic heterocycles. The lowest BCUT2D eigenvalue weighted by molar-refractivity contribution is -0.122. The molecule has 0 saturated carbocycles. The third-order valence-electron chi connectivity index (χ3n) is 2.72. The van der Waals surface area contributed by atoms with Gasteiger partial charge in [-0.25, -0.2) is 4.79 Å². The largest absolute Gasteiger partial charge is 0.478 e. The summed E-state index contributed by atoms with van der Waals surface area (Å²) < 4.78 is 0.554. The predicted octanol–water partition coefficient (Wildman–Crippen LogP) is 1.36. The molecule has 2 amide bonds. The van der Waals surface area contributed by atoms with Crippen molar-refractivity contribution < 1.29 is 19.5 Å². The van der Waals surface area contributed by atoms with Gasteiger partial charge in [0.05, 0.1) is 5.56 Å². The van der Waals surface area contributed by atoms with Crippen LogP contribution in [-0.4, -0.2) is 28.9 Å². The predicted molar refractivity (Wildman–Crippen MR) is 70.9 cm³/mol. The quantitative estimate of drug-likeness (QED) is 0.781. The Balaban J connectivity index is 2.12. The minimum Gasteiger partial charge on any atom is -0.478 e. The third-order valence-corrected chi connectivity index (χ3v) is 3.18. The molecule has 1 unspecified atom stereocenters. The van der Waals surface area contributed by atoms with Gasteiger partial charge in [0.15, 0.2) is 0 Å². The molecule has 19 heavy (non-hydrogen) atoms. The molecule has 0 spiro atoms. The highest BCUT2D eigenvalue weighted by Crippen LogP contribution is 2.20. The minimum atomic E-state index is -1.08. The molecule has 1 saturated heterocycles. The summed E-state index contributed by atoms with van der Waals surface area (Å²) in [6.07, 6.45) is 0.779. The Morgan fingerprint density at radius 3 is 2.68 bits per heavy atom. The van der Waals surface area contributed by atoms with Gasteiger partial charge in [-0.15, -0.1) is 0 Å². The van der Waals surface area contributed by atoms with E-state index in [9.17, 15) is 14.4 Å². The zero-order valence-electron chi connectivity index (χ0n) is 9.77. The van der Waals surface area contributed by atoms with Gasteiger partial charge >= 0.3 is 5.97 Å². The number of carboxylic acids is 1. The van der Waals surface area contributed by atoms with Crippen molar-refractivity contribution in [1.82, 2.24) is 5.32 Å². The number of carbonyl (C=O) groups is 3. The van der Waals surface area contributed by atoms with E-state index in [1.165, 1.54) is 12.1 Å². The lowest BCUT2D eigenvalue weighted by atomic mass is 10.2. The van der Waals surface area contributed by atoms with Crippen LogP contribution in [0, 0.1) is 0 Å². The van der Waals surface area contributed by atoms with Gasteiger partial charge in [-0.2, -0.15) is 0 Å². The Hall–Kier alpha value is -1.89. The summed E-state index contributed by atoms with van der Waals surface area (Å²) in [5.74, 6) is -1.58. The summed E-state index contributed by atoms with van der Waals surface area (Å²) in [5, 5.41) is 14.1. The van der Waals surface area contributed by atoms with Gasteiger partial charge in [-0.3, -0.25) is 9.59 Å². The van der Waals surface area contributed by atoms with E-state index in [4.69, 9.17) is 5.11 Å². The number of aromatic carboxylic acids is 1. The highest BCUT2D eigenvalue weighted by molar-refractivity contribution is 9.10. The SMILES string of the molecule is O=C1CCC(C(=O)Nc2cc(Br)cc(C(=O)O)c2)N1. The summed E-state index contributed by atoms with van der Waals surface area (Å²) in [7, 11) is 0. The number of amides is 2. The van der Waals surface area contributed by atoms with Crippen LogP contribution in [0.3, 0.4) is 0 Å². The average Bonchev–Trinajstić information content (AvgIpc) is 2.75. The second-order valence-electron chi connectivity index (χ2n) is 4.18. The van der Waals surface area contributed by atoms with Gasteiger partial charge < -0.3 is 15.7 Å². The maximum absolute atomic E-state index is 11.9. The fraction of sp³-hybridized carbons (Fsp3) is 0.250. The summed E-state index contributed by atoms with van der Waals surface area (Å²) >= 11 is 3.18. The standard InChI is InChI=1S/C12H11BrN2O4/c13-7-3-6(12(18)19)4-8(5-7)14-11(17)9-1-2-10(16)15-9/h3-5,9H,1-2H2,(H,14,17)(H,15,16)(H,18,19). The Kier molecular flexibility index (Phi) is 3.84. The first kappa shape index (κ1) is 13.5. The molecule has 0 aliphatic carbocycles. The van der Waals surface area contributed by atoms with E-state index in [1.54, 1.807) is 6.07 Å². The minimum absolute atomic E-state index is 0.0696. The number of rotatable bonds is 3. The number of carbonyl (C=O) groups excluding carboxylic acids is 2. The number of benzene rings is 1. The van der Waals surface area contributed by atoms with Crippen molar-refractivity contribution in [1.29, 1.82) is 0 Å². The molecule has 0 aromatic heterocycles. The lowest BCUT2D eigenvalue weighted by Crippen LogP contribution is -2.37. The monoisotopic (exact) mass is 326 g/mol. The van der Waals surface area contributed by atoms with E-state index < -0.39 is 12.0 Å². The molecule has 0 radical (unpaired) electrons. The van der Waals surface area contributed by atoms with Gasteiger partial charge in [-0.05, 0) is 24.6 Å². The second kappa shape index (κ2) is 5.40. The highest BCUT2D eigenvalue weighted by atomic mass is 79.9. The molecule has 6 nitrogen and oxygen atoms in total. The van der Waals surface area contributed by atoms with Crippen LogP contribution in [0.25, 0.3) is 0 Å².